The van der Waals surface area contributed by atoms with Crippen LogP contribution in [0.2, 0.25) is 0 Å². The lowest BCUT2D eigenvalue weighted by Crippen LogP contribution is -2.26. The van der Waals surface area contributed by atoms with Crippen LogP contribution >= 0.6 is 0 Å². The van der Waals surface area contributed by atoms with E-state index in [1.807, 2.05) is 76.6 Å². The van der Waals surface area contributed by atoms with Crippen LogP contribution in [-0.4, -0.2) is 61.6 Å². The van der Waals surface area contributed by atoms with Gasteiger partial charge in [0.1, 0.15) is 0 Å². The molecule has 1 saturated heterocycles. The van der Waals surface area contributed by atoms with E-state index < -0.39 is 0 Å². The Bertz CT molecular complexity index is 1890. The van der Waals surface area contributed by atoms with Gasteiger partial charge in [-0.2, -0.15) is 5.10 Å². The number of benzene rings is 2. The van der Waals surface area contributed by atoms with Gasteiger partial charge in [0.2, 0.25) is 11.9 Å². The average molecular weight is 576 g/mol. The van der Waals surface area contributed by atoms with Gasteiger partial charge in [0.25, 0.3) is 5.91 Å². The Balaban J connectivity index is 1.19. The number of fused-ring (bicyclic) bond motifs is 2. The predicted octanol–water partition coefficient (Wildman–Crippen LogP) is 4.77. The molecule has 218 valence electrons. The van der Waals surface area contributed by atoms with E-state index in [0.717, 1.165) is 64.2 Å². The maximum atomic E-state index is 13.7. The van der Waals surface area contributed by atoms with E-state index in [2.05, 4.69) is 30.6 Å². The molecule has 7 rings (SSSR count). The third-order valence-corrected chi connectivity index (χ3v) is 8.55. The SMILES string of the molecule is Cc1cnc(Nc2cc(C)n(C)n2)nc1-c1c[nH]c2c(N3Cc4c(NC(=O)[C@@H]5CCN(C)C5)cccc4C3=O)cccc12. The first-order valence-electron chi connectivity index (χ1n) is 14.4. The molecule has 11 heteroatoms. The van der Waals surface area contributed by atoms with Crippen molar-refractivity contribution >= 4 is 45.9 Å². The predicted molar refractivity (Wildman–Crippen MR) is 166 cm³/mol. The summed E-state index contributed by atoms with van der Waals surface area (Å²) in [6, 6.07) is 13.4. The maximum absolute atomic E-state index is 13.7. The molecular weight excluding hydrogens is 542 g/mol. The van der Waals surface area contributed by atoms with Crippen LogP contribution in [0.4, 0.5) is 23.1 Å². The molecule has 3 aromatic heterocycles. The monoisotopic (exact) mass is 575 g/mol. The number of amides is 2. The molecule has 11 nitrogen and oxygen atoms in total. The Labute approximate surface area is 248 Å². The molecule has 0 aliphatic carbocycles. The van der Waals surface area contributed by atoms with Gasteiger partial charge >= 0.3 is 0 Å². The van der Waals surface area contributed by atoms with Crippen molar-refractivity contribution < 1.29 is 9.59 Å². The first-order valence-corrected chi connectivity index (χ1v) is 14.4. The van der Waals surface area contributed by atoms with Gasteiger partial charge in [-0.05, 0) is 57.6 Å². The molecule has 3 N–H and O–H groups in total. The second-order valence-corrected chi connectivity index (χ2v) is 11.5. The van der Waals surface area contributed by atoms with Gasteiger partial charge in [-0.1, -0.05) is 18.2 Å². The van der Waals surface area contributed by atoms with Crippen molar-refractivity contribution in [3.63, 3.8) is 0 Å². The second kappa shape index (κ2) is 10.4. The number of H-pyrrole nitrogens is 1. The Hall–Kier alpha value is -5.03. The van der Waals surface area contributed by atoms with Crippen LogP contribution < -0.4 is 15.5 Å². The molecule has 2 amide bonds. The lowest BCUT2D eigenvalue weighted by atomic mass is 10.1. The summed E-state index contributed by atoms with van der Waals surface area (Å²) in [5.41, 5.74) is 7.40. The van der Waals surface area contributed by atoms with Crippen LogP contribution in [0.25, 0.3) is 22.2 Å². The zero-order valence-corrected chi connectivity index (χ0v) is 24.6. The van der Waals surface area contributed by atoms with Crippen LogP contribution in [0, 0.1) is 19.8 Å². The van der Waals surface area contributed by atoms with Crippen molar-refractivity contribution in [2.45, 2.75) is 26.8 Å². The van der Waals surface area contributed by atoms with E-state index in [4.69, 9.17) is 4.98 Å². The number of likely N-dealkylation sites (tertiary alicyclic amines) is 1. The summed E-state index contributed by atoms with van der Waals surface area (Å²) in [5.74, 6) is 0.995. The van der Waals surface area contributed by atoms with Crippen molar-refractivity contribution in [1.29, 1.82) is 0 Å². The molecule has 5 aromatic rings. The summed E-state index contributed by atoms with van der Waals surface area (Å²) < 4.78 is 1.79. The topological polar surface area (TPSA) is 124 Å². The highest BCUT2D eigenvalue weighted by molar-refractivity contribution is 6.15. The molecule has 2 aromatic carbocycles. The van der Waals surface area contributed by atoms with E-state index >= 15 is 0 Å². The maximum Gasteiger partial charge on any atom is 0.259 e. The number of rotatable bonds is 6. The molecule has 0 bridgehead atoms. The minimum absolute atomic E-state index is 0.00650. The Morgan fingerprint density at radius 1 is 1.09 bits per heavy atom. The molecule has 43 heavy (non-hydrogen) atoms. The third kappa shape index (κ3) is 4.71. The molecule has 2 aliphatic heterocycles. The van der Waals surface area contributed by atoms with E-state index in [1.165, 1.54) is 0 Å². The highest BCUT2D eigenvalue weighted by atomic mass is 16.2. The largest absolute Gasteiger partial charge is 0.359 e. The van der Waals surface area contributed by atoms with Gasteiger partial charge in [0.15, 0.2) is 5.82 Å². The zero-order chi connectivity index (χ0) is 29.8. The molecule has 1 atom stereocenters. The molecule has 1 fully saturated rings. The minimum Gasteiger partial charge on any atom is -0.359 e. The van der Waals surface area contributed by atoms with E-state index in [-0.39, 0.29) is 17.7 Å². The summed E-state index contributed by atoms with van der Waals surface area (Å²) >= 11 is 0. The Morgan fingerprint density at radius 2 is 1.93 bits per heavy atom. The van der Waals surface area contributed by atoms with Crippen molar-refractivity contribution in [3.05, 3.63) is 77.2 Å². The molecule has 0 saturated carbocycles. The minimum atomic E-state index is -0.0919. The number of hydrogen-bond acceptors (Lipinski definition) is 7. The van der Waals surface area contributed by atoms with Crippen LogP contribution in [0.5, 0.6) is 0 Å². The summed E-state index contributed by atoms with van der Waals surface area (Å²) in [5, 5.41) is 11.7. The summed E-state index contributed by atoms with van der Waals surface area (Å²) in [7, 11) is 3.92. The smallest absolute Gasteiger partial charge is 0.259 e. The number of aromatic amines is 1. The fourth-order valence-corrected chi connectivity index (χ4v) is 6.10. The van der Waals surface area contributed by atoms with Crippen LogP contribution in [0.1, 0.15) is 33.6 Å². The highest BCUT2D eigenvalue weighted by Crippen LogP contribution is 2.39. The van der Waals surface area contributed by atoms with Crippen LogP contribution in [0.15, 0.2) is 54.9 Å². The number of nitrogens with one attached hydrogen (secondary N) is 3. The van der Waals surface area contributed by atoms with Crippen molar-refractivity contribution in [1.82, 2.24) is 29.6 Å². The average Bonchev–Trinajstić information content (AvgIpc) is 3.77. The van der Waals surface area contributed by atoms with Gasteiger partial charge in [-0.25, -0.2) is 9.97 Å². The van der Waals surface area contributed by atoms with Gasteiger partial charge in [-0.3, -0.25) is 14.3 Å². The van der Waals surface area contributed by atoms with Crippen molar-refractivity contribution in [2.75, 3.05) is 35.7 Å². The third-order valence-electron chi connectivity index (χ3n) is 8.55. The number of anilines is 4. The molecule has 0 unspecified atom stereocenters. The zero-order valence-electron chi connectivity index (χ0n) is 24.6. The van der Waals surface area contributed by atoms with E-state index in [1.54, 1.807) is 15.8 Å². The first-order chi connectivity index (χ1) is 20.8. The van der Waals surface area contributed by atoms with E-state index in [0.29, 0.717) is 29.6 Å². The normalized spacial score (nSPS) is 16.7. The Kier molecular flexibility index (Phi) is 6.46. The molecule has 5 heterocycles. The second-order valence-electron chi connectivity index (χ2n) is 11.5. The summed E-state index contributed by atoms with van der Waals surface area (Å²) in [6.07, 6.45) is 4.56. The van der Waals surface area contributed by atoms with Gasteiger partial charge in [-0.15, -0.1) is 0 Å². The first kappa shape index (κ1) is 26.8. The van der Waals surface area contributed by atoms with Gasteiger partial charge < -0.3 is 25.4 Å². The van der Waals surface area contributed by atoms with Crippen LogP contribution in [-0.2, 0) is 18.4 Å². The number of aromatic nitrogens is 5. The number of hydrogen-bond donors (Lipinski definition) is 3. The van der Waals surface area contributed by atoms with Crippen molar-refractivity contribution in [3.8, 4) is 11.3 Å². The number of carbonyl (C=O) groups is 2. The molecular formula is C32H33N9O2. The number of para-hydroxylation sites is 1. The van der Waals surface area contributed by atoms with Crippen LogP contribution in [0.3, 0.4) is 0 Å². The van der Waals surface area contributed by atoms with Crippen molar-refractivity contribution in [2.24, 2.45) is 13.0 Å². The lowest BCUT2D eigenvalue weighted by Gasteiger charge is -2.17. The fraction of sp³-hybridized carbons (Fsp3) is 0.281. The standard InChI is InChI=1S/C32H33N9O2/c1-18-14-34-32(36-27-13-19(2)40(4)38-27)37-28(18)23-15-33-29-21(23)7-6-10-26(29)41-17-24-22(31(41)43)8-5-9-25(24)35-30(42)20-11-12-39(3)16-20/h5-10,13-15,20,33H,11-12,16-17H2,1-4H3,(H,35,42)(H,34,36,37,38)/t20-/m1/s1. The van der Waals surface area contributed by atoms with Gasteiger partial charge in [0.05, 0.1) is 29.4 Å². The summed E-state index contributed by atoms with van der Waals surface area (Å²) in [6.45, 7) is 5.99. The molecule has 0 spiro atoms. The lowest BCUT2D eigenvalue weighted by molar-refractivity contribution is -0.119. The van der Waals surface area contributed by atoms with E-state index in [9.17, 15) is 9.59 Å². The quantitative estimate of drug-likeness (QED) is 0.266. The fourth-order valence-electron chi connectivity index (χ4n) is 6.10. The highest BCUT2D eigenvalue weighted by Gasteiger charge is 2.33. The molecule has 2 aliphatic rings. The molecule has 0 radical (unpaired) electrons. The number of nitrogens with zero attached hydrogens (tertiary/aromatic N) is 6. The Morgan fingerprint density at radius 3 is 2.70 bits per heavy atom. The summed E-state index contributed by atoms with van der Waals surface area (Å²) in [4.78, 5) is 43.4. The number of aryl methyl sites for hydroxylation is 3. The van der Waals surface area contributed by atoms with Gasteiger partial charge in [0, 0.05) is 65.5 Å². The number of carbonyl (C=O) groups excluding carboxylic acids is 2.